The Morgan fingerprint density at radius 3 is 0.950 bits per heavy atom. The van der Waals surface area contributed by atoms with E-state index in [0.29, 0.717) is 0 Å². The van der Waals surface area contributed by atoms with Crippen molar-refractivity contribution in [1.82, 2.24) is 0 Å². The molecule has 0 aliphatic carbocycles. The predicted octanol–water partition coefficient (Wildman–Crippen LogP) is 9.73. The Kier molecular flexibility index (Phi) is 8.51. The van der Waals surface area contributed by atoms with Gasteiger partial charge in [-0.05, 0) is 25.0 Å². The van der Waals surface area contributed by atoms with Crippen molar-refractivity contribution < 1.29 is 35.1 Å². The van der Waals surface area contributed by atoms with Crippen LogP contribution in [0.15, 0.2) is 48.5 Å². The average Bonchev–Trinajstić information content (AvgIpc) is 2.95. The summed E-state index contributed by atoms with van der Waals surface area (Å²) in [6, 6.07) is 9.34. The third-order valence-electron chi connectivity index (χ3n) is 6.23. The first-order valence-corrected chi connectivity index (χ1v) is 12.3. The minimum absolute atomic E-state index is 0.203. The fourth-order valence-electron chi connectivity index (χ4n) is 4.04. The molecule has 0 spiro atoms. The summed E-state index contributed by atoms with van der Waals surface area (Å²) >= 11 is 10.7. The molecule has 0 saturated carbocycles. The van der Waals surface area contributed by atoms with Gasteiger partial charge in [0.25, 0.3) is 0 Å². The lowest BCUT2D eigenvalue weighted by Crippen LogP contribution is -2.28. The van der Waals surface area contributed by atoms with Crippen LogP contribution in [-0.2, 0) is 0 Å². The van der Waals surface area contributed by atoms with Crippen LogP contribution in [0, 0.1) is 60.4 Å². The minimum atomic E-state index is -1.88. The van der Waals surface area contributed by atoms with Crippen LogP contribution in [0.3, 0.4) is 0 Å². The Labute approximate surface area is 233 Å². The molecule has 4 rings (SSSR count). The quantitative estimate of drug-likeness (QED) is 0.125. The SMILES string of the molecule is Cc1ccc(C(Nc2c(F)c(F)c(Cl)c(F)c2F)C(Nc2c(F)c(F)c(Cl)c(F)c2F)c2ccc(C)cc2)cc1. The number of rotatable bonds is 7. The van der Waals surface area contributed by atoms with Gasteiger partial charge in [-0.3, -0.25) is 0 Å². The van der Waals surface area contributed by atoms with Gasteiger partial charge in [0, 0.05) is 0 Å². The second kappa shape index (κ2) is 11.5. The lowest BCUT2D eigenvalue weighted by molar-refractivity contribution is 0.452. The van der Waals surface area contributed by atoms with Gasteiger partial charge in [0.15, 0.2) is 46.5 Å². The molecule has 0 aromatic heterocycles. The van der Waals surface area contributed by atoms with Crippen molar-refractivity contribution in [2.45, 2.75) is 25.9 Å². The first-order valence-electron chi connectivity index (χ1n) is 11.5. The molecule has 0 radical (unpaired) electrons. The fourth-order valence-corrected chi connectivity index (χ4v) is 4.37. The maximum atomic E-state index is 14.9. The van der Waals surface area contributed by atoms with Crippen LogP contribution in [0.1, 0.15) is 34.3 Å². The summed E-state index contributed by atoms with van der Waals surface area (Å²) < 4.78 is 117. The van der Waals surface area contributed by atoms with Gasteiger partial charge in [-0.1, -0.05) is 82.9 Å². The highest BCUT2D eigenvalue weighted by Crippen LogP contribution is 2.41. The Bertz CT molecular complexity index is 1400. The van der Waals surface area contributed by atoms with Crippen molar-refractivity contribution in [2.24, 2.45) is 0 Å². The molecule has 0 aliphatic rings. The molecule has 0 bridgehead atoms. The van der Waals surface area contributed by atoms with Crippen LogP contribution in [0.5, 0.6) is 0 Å². The van der Waals surface area contributed by atoms with Gasteiger partial charge in [0.05, 0.1) is 12.1 Å². The summed E-state index contributed by atoms with van der Waals surface area (Å²) in [4.78, 5) is 0. The summed E-state index contributed by atoms with van der Waals surface area (Å²) in [5, 5.41) is 1.89. The number of hydrogen-bond acceptors (Lipinski definition) is 2. The molecule has 2 N–H and O–H groups in total. The van der Waals surface area contributed by atoms with Gasteiger partial charge in [-0.15, -0.1) is 0 Å². The number of nitrogens with one attached hydrogen (secondary N) is 2. The average molecular weight is 605 g/mol. The monoisotopic (exact) mass is 604 g/mol. The normalized spacial score (nSPS) is 12.8. The first kappa shape index (κ1) is 29.5. The summed E-state index contributed by atoms with van der Waals surface area (Å²) in [6.45, 7) is 3.46. The van der Waals surface area contributed by atoms with Crippen LogP contribution < -0.4 is 10.6 Å². The van der Waals surface area contributed by atoms with E-state index in [1.54, 1.807) is 38.1 Å². The van der Waals surface area contributed by atoms with Crippen LogP contribution in [0.25, 0.3) is 0 Å². The largest absolute Gasteiger partial charge is 0.371 e. The lowest BCUT2D eigenvalue weighted by Gasteiger charge is -2.32. The Hall–Kier alpha value is -3.50. The number of hydrogen-bond donors (Lipinski definition) is 2. The van der Waals surface area contributed by atoms with Gasteiger partial charge in [-0.2, -0.15) is 0 Å². The topological polar surface area (TPSA) is 24.1 Å². The zero-order chi connectivity index (χ0) is 29.5. The van der Waals surface area contributed by atoms with Gasteiger partial charge >= 0.3 is 0 Å². The molecule has 0 amide bonds. The van der Waals surface area contributed by atoms with Gasteiger partial charge < -0.3 is 10.6 Å². The highest BCUT2D eigenvalue weighted by atomic mass is 35.5. The fraction of sp³-hybridized carbons (Fsp3) is 0.143. The zero-order valence-electron chi connectivity index (χ0n) is 20.6. The molecule has 2 nitrogen and oxygen atoms in total. The second-order valence-corrected chi connectivity index (χ2v) is 9.71. The molecule has 2 unspecified atom stereocenters. The highest BCUT2D eigenvalue weighted by Gasteiger charge is 2.33. The standard InChI is InChI=1S/C28H18Cl2F8N2/c1-11-3-7-13(8-4-11)25(39-27-21(35)17(31)15(29)18(32)22(27)36)26(14-9-5-12(2)6-10-14)40-28-23(37)19(33)16(30)20(34)24(28)38/h3-10,25-26,39-40H,1-2H3. The lowest BCUT2D eigenvalue weighted by atomic mass is 9.91. The molecule has 0 fully saturated rings. The molecule has 4 aromatic rings. The van der Waals surface area contributed by atoms with Crippen LogP contribution in [0.4, 0.5) is 46.5 Å². The Balaban J connectivity index is 1.97. The van der Waals surface area contributed by atoms with E-state index in [2.05, 4.69) is 10.6 Å². The van der Waals surface area contributed by atoms with Crippen LogP contribution >= 0.6 is 23.2 Å². The predicted molar refractivity (Wildman–Crippen MR) is 138 cm³/mol. The van der Waals surface area contributed by atoms with E-state index in [4.69, 9.17) is 23.2 Å². The van der Waals surface area contributed by atoms with Gasteiger partial charge in [0.1, 0.15) is 21.4 Å². The van der Waals surface area contributed by atoms with E-state index < -0.39 is 80.0 Å². The summed E-state index contributed by atoms with van der Waals surface area (Å²) in [7, 11) is 0. The third kappa shape index (κ3) is 5.42. The molecule has 12 heteroatoms. The highest BCUT2D eigenvalue weighted by molar-refractivity contribution is 6.31. The molecule has 0 heterocycles. The second-order valence-electron chi connectivity index (χ2n) is 8.96. The number of anilines is 2. The van der Waals surface area contributed by atoms with Crippen molar-refractivity contribution in [3.8, 4) is 0 Å². The number of halogens is 10. The van der Waals surface area contributed by atoms with Crippen LogP contribution in [-0.4, -0.2) is 0 Å². The first-order chi connectivity index (χ1) is 18.8. The minimum Gasteiger partial charge on any atom is -0.371 e. The molecule has 0 aliphatic heterocycles. The van der Waals surface area contributed by atoms with E-state index in [1.807, 2.05) is 0 Å². The zero-order valence-corrected chi connectivity index (χ0v) is 22.1. The van der Waals surface area contributed by atoms with E-state index in [9.17, 15) is 35.1 Å². The van der Waals surface area contributed by atoms with Crippen molar-refractivity contribution in [1.29, 1.82) is 0 Å². The molecule has 2 atom stereocenters. The van der Waals surface area contributed by atoms with E-state index in [-0.39, 0.29) is 11.1 Å². The molecule has 4 aromatic carbocycles. The maximum absolute atomic E-state index is 14.9. The molecule has 0 saturated heterocycles. The van der Waals surface area contributed by atoms with Crippen molar-refractivity contribution in [3.05, 3.63) is 127 Å². The summed E-state index contributed by atoms with van der Waals surface area (Å²) in [5.41, 5.74) is -0.649. The Morgan fingerprint density at radius 2 is 0.700 bits per heavy atom. The Morgan fingerprint density at radius 1 is 0.450 bits per heavy atom. The molecule has 210 valence electrons. The molecule has 40 heavy (non-hydrogen) atoms. The van der Waals surface area contributed by atoms with E-state index in [1.165, 1.54) is 24.3 Å². The van der Waals surface area contributed by atoms with E-state index in [0.717, 1.165) is 11.1 Å². The third-order valence-corrected chi connectivity index (χ3v) is 6.89. The number of benzene rings is 4. The van der Waals surface area contributed by atoms with E-state index >= 15 is 0 Å². The molecular weight excluding hydrogens is 587 g/mol. The summed E-state index contributed by atoms with van der Waals surface area (Å²) in [6.07, 6.45) is 0. The van der Waals surface area contributed by atoms with Crippen molar-refractivity contribution in [3.63, 3.8) is 0 Å². The van der Waals surface area contributed by atoms with Gasteiger partial charge in [0.2, 0.25) is 0 Å². The smallest absolute Gasteiger partial charge is 0.186 e. The number of aryl methyl sites for hydroxylation is 2. The van der Waals surface area contributed by atoms with Crippen LogP contribution in [0.2, 0.25) is 10.0 Å². The molecular formula is C28H18Cl2F8N2. The van der Waals surface area contributed by atoms with Crippen molar-refractivity contribution in [2.75, 3.05) is 10.6 Å². The summed E-state index contributed by atoms with van der Waals surface area (Å²) in [5.74, 6) is -15.0. The maximum Gasteiger partial charge on any atom is 0.186 e. The van der Waals surface area contributed by atoms with Gasteiger partial charge in [-0.25, -0.2) is 35.1 Å². The van der Waals surface area contributed by atoms with Crippen molar-refractivity contribution >= 4 is 34.6 Å².